The van der Waals surface area contributed by atoms with Crippen LogP contribution in [0.5, 0.6) is 0 Å². The van der Waals surface area contributed by atoms with Crippen molar-refractivity contribution in [1.29, 1.82) is 0 Å². The Morgan fingerprint density at radius 2 is 2.04 bits per heavy atom. The third-order valence-corrected chi connectivity index (χ3v) is 3.32. The molecule has 0 aliphatic rings. The number of benzene rings is 1. The molecule has 1 aromatic carbocycles. The molecule has 0 saturated heterocycles. The summed E-state index contributed by atoms with van der Waals surface area (Å²) in [6.45, 7) is 4.02. The molecule has 0 fully saturated rings. The van der Waals surface area contributed by atoms with Crippen LogP contribution in [-0.2, 0) is 0 Å². The summed E-state index contributed by atoms with van der Waals surface area (Å²) in [5.74, 6) is -0.189. The van der Waals surface area contributed by atoms with Crippen molar-refractivity contribution in [1.82, 2.24) is 20.1 Å². The molecule has 2 aromatic heterocycles. The number of nitrogens with zero attached hydrogens (tertiary/aromatic N) is 3. The van der Waals surface area contributed by atoms with Gasteiger partial charge in [-0.25, -0.2) is 4.68 Å². The van der Waals surface area contributed by atoms with Gasteiger partial charge in [-0.2, -0.15) is 5.10 Å². The number of hydrogen-bond donors (Lipinski definition) is 1. The van der Waals surface area contributed by atoms with Gasteiger partial charge in [0.25, 0.3) is 5.91 Å². The van der Waals surface area contributed by atoms with Crippen LogP contribution in [0, 0.1) is 0 Å². The quantitative estimate of drug-likeness (QED) is 0.737. The largest absolute Gasteiger partial charge is 0.348 e. The normalized spacial score (nSPS) is 10.3. The van der Waals surface area contributed by atoms with Gasteiger partial charge in [0.1, 0.15) is 5.69 Å². The SMILES string of the molecule is C=CCNC(=O)c1cn(-c2ccccc2)nc1-c1cccnc1. The van der Waals surface area contributed by atoms with Crippen LogP contribution in [0.1, 0.15) is 10.4 Å². The van der Waals surface area contributed by atoms with Crippen molar-refractivity contribution >= 4 is 5.91 Å². The lowest BCUT2D eigenvalue weighted by atomic mass is 10.1. The van der Waals surface area contributed by atoms with Crippen LogP contribution in [0.4, 0.5) is 0 Å². The summed E-state index contributed by atoms with van der Waals surface area (Å²) >= 11 is 0. The third-order valence-electron chi connectivity index (χ3n) is 3.32. The van der Waals surface area contributed by atoms with E-state index in [1.165, 1.54) is 0 Å². The number of aromatic nitrogens is 3. The van der Waals surface area contributed by atoms with Crippen molar-refractivity contribution in [2.24, 2.45) is 0 Å². The minimum absolute atomic E-state index is 0.189. The van der Waals surface area contributed by atoms with Gasteiger partial charge in [-0.3, -0.25) is 9.78 Å². The fourth-order valence-corrected chi connectivity index (χ4v) is 2.23. The number of carbonyl (C=O) groups is 1. The molecule has 2 heterocycles. The maximum absolute atomic E-state index is 12.4. The Morgan fingerprint density at radius 3 is 2.74 bits per heavy atom. The van der Waals surface area contributed by atoms with Crippen LogP contribution in [0.25, 0.3) is 16.9 Å². The molecule has 0 saturated carbocycles. The van der Waals surface area contributed by atoms with E-state index in [1.54, 1.807) is 29.3 Å². The molecule has 0 aliphatic heterocycles. The van der Waals surface area contributed by atoms with Crippen LogP contribution in [0.3, 0.4) is 0 Å². The molecule has 1 N–H and O–H groups in total. The molecule has 114 valence electrons. The summed E-state index contributed by atoms with van der Waals surface area (Å²) in [4.78, 5) is 16.5. The highest BCUT2D eigenvalue weighted by Crippen LogP contribution is 2.22. The van der Waals surface area contributed by atoms with E-state index in [9.17, 15) is 4.79 Å². The van der Waals surface area contributed by atoms with Crippen LogP contribution < -0.4 is 5.32 Å². The summed E-state index contributed by atoms with van der Waals surface area (Å²) in [6.07, 6.45) is 6.76. The van der Waals surface area contributed by atoms with E-state index >= 15 is 0 Å². The number of carbonyl (C=O) groups excluding carboxylic acids is 1. The second-order valence-corrected chi connectivity index (χ2v) is 4.91. The van der Waals surface area contributed by atoms with Crippen molar-refractivity contribution in [3.63, 3.8) is 0 Å². The molecule has 5 heteroatoms. The smallest absolute Gasteiger partial charge is 0.255 e. The average Bonchev–Trinajstić information content (AvgIpc) is 3.07. The van der Waals surface area contributed by atoms with Gasteiger partial charge in [0, 0.05) is 30.7 Å². The number of amides is 1. The average molecular weight is 304 g/mol. The fraction of sp³-hybridized carbons (Fsp3) is 0.0556. The van der Waals surface area contributed by atoms with Gasteiger partial charge >= 0.3 is 0 Å². The summed E-state index contributed by atoms with van der Waals surface area (Å²) in [6, 6.07) is 13.4. The summed E-state index contributed by atoms with van der Waals surface area (Å²) in [5.41, 5.74) is 2.79. The highest BCUT2D eigenvalue weighted by molar-refractivity contribution is 5.99. The predicted molar refractivity (Wildman–Crippen MR) is 89.3 cm³/mol. The van der Waals surface area contributed by atoms with Gasteiger partial charge in [0.05, 0.1) is 11.3 Å². The lowest BCUT2D eigenvalue weighted by Gasteiger charge is -2.02. The van der Waals surface area contributed by atoms with Gasteiger partial charge < -0.3 is 5.32 Å². The van der Waals surface area contributed by atoms with Gasteiger partial charge in [-0.15, -0.1) is 6.58 Å². The molecule has 3 aromatic rings. The van der Waals surface area contributed by atoms with Crippen molar-refractivity contribution in [2.45, 2.75) is 0 Å². The molecule has 5 nitrogen and oxygen atoms in total. The van der Waals surface area contributed by atoms with E-state index < -0.39 is 0 Å². The van der Waals surface area contributed by atoms with Crippen molar-refractivity contribution in [2.75, 3.05) is 6.54 Å². The van der Waals surface area contributed by atoms with Crippen LogP contribution in [0.2, 0.25) is 0 Å². The summed E-state index contributed by atoms with van der Waals surface area (Å²) in [5, 5.41) is 7.36. The number of nitrogens with one attached hydrogen (secondary N) is 1. The molecule has 0 unspecified atom stereocenters. The highest BCUT2D eigenvalue weighted by atomic mass is 16.1. The first kappa shape index (κ1) is 14.7. The molecule has 0 radical (unpaired) electrons. The van der Waals surface area contributed by atoms with Crippen LogP contribution in [0.15, 0.2) is 73.7 Å². The van der Waals surface area contributed by atoms with E-state index in [2.05, 4.69) is 22.0 Å². The minimum atomic E-state index is -0.189. The molecule has 23 heavy (non-hydrogen) atoms. The molecule has 0 spiro atoms. The standard InChI is InChI=1S/C18H16N4O/c1-2-10-20-18(23)16-13-22(15-8-4-3-5-9-15)21-17(16)14-7-6-11-19-12-14/h2-9,11-13H,1,10H2,(H,20,23). The van der Waals surface area contributed by atoms with Gasteiger partial charge in [-0.05, 0) is 24.3 Å². The zero-order valence-electron chi connectivity index (χ0n) is 12.5. The zero-order valence-corrected chi connectivity index (χ0v) is 12.5. The number of hydrogen-bond acceptors (Lipinski definition) is 3. The predicted octanol–water partition coefficient (Wildman–Crippen LogP) is 2.85. The Kier molecular flexibility index (Phi) is 4.29. The molecular weight excluding hydrogens is 288 g/mol. The summed E-state index contributed by atoms with van der Waals surface area (Å²) < 4.78 is 1.70. The Morgan fingerprint density at radius 1 is 1.22 bits per heavy atom. The first-order valence-corrected chi connectivity index (χ1v) is 7.24. The number of pyridine rings is 1. The molecule has 0 atom stereocenters. The Labute approximate surface area is 134 Å². The topological polar surface area (TPSA) is 59.8 Å². The third kappa shape index (κ3) is 3.18. The van der Waals surface area contributed by atoms with Crippen molar-refractivity contribution in [3.05, 3.63) is 79.3 Å². The van der Waals surface area contributed by atoms with Crippen molar-refractivity contribution in [3.8, 4) is 16.9 Å². The number of rotatable bonds is 5. The molecule has 1 amide bonds. The van der Waals surface area contributed by atoms with Crippen molar-refractivity contribution < 1.29 is 4.79 Å². The van der Waals surface area contributed by atoms with E-state index in [4.69, 9.17) is 0 Å². The first-order valence-electron chi connectivity index (χ1n) is 7.24. The minimum Gasteiger partial charge on any atom is -0.348 e. The van der Waals surface area contributed by atoms with Crippen LogP contribution >= 0.6 is 0 Å². The molecule has 0 aliphatic carbocycles. The van der Waals surface area contributed by atoms with E-state index in [-0.39, 0.29) is 5.91 Å². The molecule has 0 bridgehead atoms. The first-order chi connectivity index (χ1) is 11.3. The maximum Gasteiger partial charge on any atom is 0.255 e. The van der Waals surface area contributed by atoms with E-state index in [0.29, 0.717) is 17.8 Å². The maximum atomic E-state index is 12.4. The Balaban J connectivity index is 2.07. The van der Waals surface area contributed by atoms with E-state index in [0.717, 1.165) is 11.3 Å². The van der Waals surface area contributed by atoms with Gasteiger partial charge in [0.15, 0.2) is 0 Å². The van der Waals surface area contributed by atoms with Crippen LogP contribution in [-0.4, -0.2) is 27.2 Å². The highest BCUT2D eigenvalue weighted by Gasteiger charge is 2.18. The molecular formula is C18H16N4O. The lowest BCUT2D eigenvalue weighted by molar-refractivity contribution is 0.0958. The second-order valence-electron chi connectivity index (χ2n) is 4.91. The molecule has 3 rings (SSSR count). The zero-order chi connectivity index (χ0) is 16.1. The van der Waals surface area contributed by atoms with E-state index in [1.807, 2.05) is 42.5 Å². The van der Waals surface area contributed by atoms with Gasteiger partial charge in [-0.1, -0.05) is 24.3 Å². The lowest BCUT2D eigenvalue weighted by Crippen LogP contribution is -2.23. The summed E-state index contributed by atoms with van der Waals surface area (Å²) in [7, 11) is 0. The second kappa shape index (κ2) is 6.70. The van der Waals surface area contributed by atoms with Gasteiger partial charge in [0.2, 0.25) is 0 Å². The Bertz CT molecular complexity index is 810. The Hall–Kier alpha value is -3.21. The monoisotopic (exact) mass is 304 g/mol. The number of para-hydroxylation sites is 1. The fourth-order valence-electron chi connectivity index (χ4n) is 2.23.